The lowest BCUT2D eigenvalue weighted by atomic mass is 10.1. The Bertz CT molecular complexity index is 540. The minimum absolute atomic E-state index is 0. The van der Waals surface area contributed by atoms with E-state index in [0.29, 0.717) is 12.0 Å². The molecule has 3 aliphatic rings. The smallest absolute Gasteiger partial charge is 0.243 e. The highest BCUT2D eigenvalue weighted by molar-refractivity contribution is 6.19. The molecule has 3 fully saturated rings. The number of quaternary nitrogens is 1. The molecule has 3 heterocycles. The van der Waals surface area contributed by atoms with E-state index >= 15 is 0 Å². The van der Waals surface area contributed by atoms with Crippen LogP contribution in [0.4, 0.5) is 0 Å². The first-order valence-electron chi connectivity index (χ1n) is 7.95. The number of rotatable bonds is 4. The van der Waals surface area contributed by atoms with Crippen molar-refractivity contribution >= 4 is 23.6 Å². The maximum Gasteiger partial charge on any atom is 0.243 e. The number of carbonyl (C=O) groups excluding carboxylic acids is 1. The molecule has 6 heteroatoms. The summed E-state index contributed by atoms with van der Waals surface area (Å²) in [5, 5.41) is 2.70. The van der Waals surface area contributed by atoms with Crippen LogP contribution >= 0.6 is 11.6 Å². The lowest BCUT2D eigenvalue weighted by molar-refractivity contribution is -0.926. The largest absolute Gasteiger partial charge is 1.00 e. The highest BCUT2D eigenvalue weighted by Gasteiger charge is 2.33. The van der Waals surface area contributed by atoms with Crippen LogP contribution in [-0.2, 0) is 11.3 Å². The molecule has 132 valence electrons. The molecule has 0 radical (unpaired) electrons. The molecule has 1 aromatic rings. The van der Waals surface area contributed by atoms with Crippen LogP contribution < -0.4 is 22.6 Å². The van der Waals surface area contributed by atoms with Crippen molar-refractivity contribution in [2.45, 2.75) is 12.0 Å². The van der Waals surface area contributed by atoms with Gasteiger partial charge in [-0.15, -0.1) is 0 Å². The lowest BCUT2D eigenvalue weighted by Crippen LogP contribution is -3.20. The van der Waals surface area contributed by atoms with Crippen LogP contribution in [0.15, 0.2) is 43.5 Å². The van der Waals surface area contributed by atoms with Crippen molar-refractivity contribution in [3.05, 3.63) is 54.6 Å². The van der Waals surface area contributed by atoms with Gasteiger partial charge in [0, 0.05) is 19.6 Å². The van der Waals surface area contributed by atoms with Crippen LogP contribution in [0.25, 0.3) is 6.08 Å². The molecular weight excluding hydrogens is 345 g/mol. The zero-order valence-corrected chi connectivity index (χ0v) is 15.3. The summed E-state index contributed by atoms with van der Waals surface area (Å²) < 4.78 is 0. The van der Waals surface area contributed by atoms with Crippen LogP contribution in [0.2, 0.25) is 0 Å². The Kier molecular flexibility index (Phi) is 9.08. The van der Waals surface area contributed by atoms with E-state index in [1.54, 1.807) is 11.0 Å². The minimum atomic E-state index is -0.155. The van der Waals surface area contributed by atoms with Crippen molar-refractivity contribution < 1.29 is 22.1 Å². The molecule has 1 atom stereocenters. The summed E-state index contributed by atoms with van der Waals surface area (Å²) >= 11 is 6.03. The average molecular weight is 370 g/mol. The Labute approximate surface area is 155 Å². The van der Waals surface area contributed by atoms with E-state index in [1.165, 1.54) is 32.3 Å². The first-order valence-corrected chi connectivity index (χ1v) is 8.38. The second-order valence-corrected chi connectivity index (χ2v) is 6.32. The summed E-state index contributed by atoms with van der Waals surface area (Å²) in [5.74, 6) is -0.155. The first-order chi connectivity index (χ1) is 11.1. The van der Waals surface area contributed by atoms with Gasteiger partial charge in [-0.3, -0.25) is 9.69 Å². The average Bonchev–Trinajstić information content (AvgIpc) is 2.61. The fraction of sp³-hybridized carbons (Fsp3) is 0.389. The van der Waals surface area contributed by atoms with E-state index < -0.39 is 0 Å². The summed E-state index contributed by atoms with van der Waals surface area (Å²) in [5.41, 5.74) is 2.52. The number of amides is 1. The van der Waals surface area contributed by atoms with Gasteiger partial charge in [0.15, 0.2) is 5.50 Å². The number of halogens is 2. The van der Waals surface area contributed by atoms with Gasteiger partial charge in [-0.25, -0.2) is 0 Å². The molecular formula is C18H25Cl2N3O. The van der Waals surface area contributed by atoms with Crippen LogP contribution in [0.1, 0.15) is 11.1 Å². The molecule has 1 unspecified atom stereocenters. The minimum Gasteiger partial charge on any atom is -1.00 e. The second kappa shape index (κ2) is 10.5. The predicted octanol–water partition coefficient (Wildman–Crippen LogP) is -2.10. The Morgan fingerprint density at radius 1 is 1.29 bits per heavy atom. The maximum absolute atomic E-state index is 10.9. The quantitative estimate of drug-likeness (QED) is 0.362. The fourth-order valence-corrected chi connectivity index (χ4v) is 3.14. The number of hydrogen-bond donors (Lipinski definition) is 2. The standard InChI is InChI=1S/C12H13NO.C6H11ClN2.ClH/c1-3-10-5-7-11(8-6-10)9-13-12(14)4-2;7-6-5-8-1-3-9(6)4-2-8;/h3-8H,1-2,9H2,(H,13,14);6H,1-5H2;1H. The molecule has 4 nitrogen and oxygen atoms in total. The van der Waals surface area contributed by atoms with Crippen molar-refractivity contribution in [1.82, 2.24) is 10.2 Å². The van der Waals surface area contributed by atoms with Gasteiger partial charge in [-0.2, -0.15) is 0 Å². The number of carbonyl (C=O) groups is 1. The normalized spacial score (nSPS) is 24.0. The molecule has 3 saturated heterocycles. The molecule has 0 aliphatic carbocycles. The number of fused-ring (bicyclic) bond motifs is 3. The third-order valence-electron chi connectivity index (χ3n) is 4.23. The monoisotopic (exact) mass is 369 g/mol. The van der Waals surface area contributed by atoms with Crippen LogP contribution in [-0.4, -0.2) is 49.0 Å². The molecule has 2 bridgehead atoms. The van der Waals surface area contributed by atoms with E-state index in [-0.39, 0.29) is 18.3 Å². The summed E-state index contributed by atoms with van der Waals surface area (Å²) in [6, 6.07) is 7.84. The van der Waals surface area contributed by atoms with E-state index in [2.05, 4.69) is 23.4 Å². The van der Waals surface area contributed by atoms with Crippen molar-refractivity contribution in [2.24, 2.45) is 0 Å². The maximum atomic E-state index is 10.9. The molecule has 4 rings (SSSR count). The molecule has 0 spiro atoms. The van der Waals surface area contributed by atoms with Crippen molar-refractivity contribution in [3.63, 3.8) is 0 Å². The number of nitrogens with zero attached hydrogens (tertiary/aromatic N) is 1. The van der Waals surface area contributed by atoms with Gasteiger partial charge >= 0.3 is 0 Å². The van der Waals surface area contributed by atoms with Crippen molar-refractivity contribution in [1.29, 1.82) is 0 Å². The van der Waals surface area contributed by atoms with Gasteiger partial charge in [-0.1, -0.05) is 55.1 Å². The zero-order chi connectivity index (χ0) is 16.7. The van der Waals surface area contributed by atoms with Gasteiger partial charge in [0.05, 0.1) is 19.6 Å². The number of nitrogens with one attached hydrogen (secondary N) is 2. The second-order valence-electron chi connectivity index (χ2n) is 5.79. The molecule has 24 heavy (non-hydrogen) atoms. The number of alkyl halides is 1. The molecule has 1 amide bonds. The third-order valence-corrected chi connectivity index (χ3v) is 4.67. The van der Waals surface area contributed by atoms with Crippen molar-refractivity contribution in [3.8, 4) is 0 Å². The van der Waals surface area contributed by atoms with Gasteiger partial charge in [0.2, 0.25) is 5.91 Å². The Morgan fingerprint density at radius 3 is 2.29 bits per heavy atom. The van der Waals surface area contributed by atoms with Gasteiger partial charge in [-0.05, 0) is 17.2 Å². The Hall–Kier alpha value is -1.33. The molecule has 3 aliphatic heterocycles. The molecule has 2 N–H and O–H groups in total. The zero-order valence-electron chi connectivity index (χ0n) is 13.8. The summed E-state index contributed by atoms with van der Waals surface area (Å²) in [6.45, 7) is 13.7. The highest BCUT2D eigenvalue weighted by atomic mass is 35.5. The van der Waals surface area contributed by atoms with E-state index in [1.807, 2.05) is 24.3 Å². The highest BCUT2D eigenvalue weighted by Crippen LogP contribution is 2.05. The molecule has 0 saturated carbocycles. The predicted molar refractivity (Wildman–Crippen MR) is 95.4 cm³/mol. The number of benzene rings is 1. The van der Waals surface area contributed by atoms with Gasteiger partial charge < -0.3 is 22.6 Å². The first kappa shape index (κ1) is 20.7. The molecule has 0 aromatic heterocycles. The number of piperazine rings is 3. The Morgan fingerprint density at radius 2 is 1.92 bits per heavy atom. The topological polar surface area (TPSA) is 36.8 Å². The van der Waals surface area contributed by atoms with E-state index in [9.17, 15) is 4.79 Å². The summed E-state index contributed by atoms with van der Waals surface area (Å²) in [4.78, 5) is 14.9. The van der Waals surface area contributed by atoms with Crippen molar-refractivity contribution in [2.75, 3.05) is 32.7 Å². The van der Waals surface area contributed by atoms with Gasteiger partial charge in [0.25, 0.3) is 0 Å². The van der Waals surface area contributed by atoms with Gasteiger partial charge in [0.1, 0.15) is 0 Å². The van der Waals surface area contributed by atoms with Crippen LogP contribution in [0.5, 0.6) is 0 Å². The summed E-state index contributed by atoms with van der Waals surface area (Å²) in [7, 11) is 0. The number of hydrogen-bond acceptors (Lipinski definition) is 2. The summed E-state index contributed by atoms with van der Waals surface area (Å²) in [6.07, 6.45) is 3.05. The SMILES string of the molecule is C=CC(=O)NCc1ccc(C=C)cc1.ClC1CN2CC[NH+]1CC2.[Cl-]. The van der Waals surface area contributed by atoms with E-state index in [0.717, 1.165) is 17.7 Å². The fourth-order valence-electron chi connectivity index (χ4n) is 2.72. The lowest BCUT2D eigenvalue weighted by Gasteiger charge is -2.41. The Balaban J connectivity index is 0.000000248. The molecule has 1 aromatic carbocycles. The van der Waals surface area contributed by atoms with Crippen LogP contribution in [0, 0.1) is 0 Å². The third kappa shape index (κ3) is 6.29. The van der Waals surface area contributed by atoms with E-state index in [4.69, 9.17) is 11.6 Å². The van der Waals surface area contributed by atoms with Crippen LogP contribution in [0.3, 0.4) is 0 Å².